The largest absolute Gasteiger partial charge is 0.388 e. The lowest BCUT2D eigenvalue weighted by Crippen LogP contribution is -2.06. The quantitative estimate of drug-likeness (QED) is 0.652. The smallest absolute Gasteiger partial charge is 0.191 e. The van der Waals surface area contributed by atoms with Crippen molar-refractivity contribution in [3.63, 3.8) is 0 Å². The van der Waals surface area contributed by atoms with Crippen LogP contribution in [0, 0.1) is 0 Å². The van der Waals surface area contributed by atoms with E-state index in [2.05, 4.69) is 22.3 Å². The summed E-state index contributed by atoms with van der Waals surface area (Å²) in [6.07, 6.45) is 5.59. The summed E-state index contributed by atoms with van der Waals surface area (Å²) in [6, 6.07) is 6.48. The van der Waals surface area contributed by atoms with E-state index in [-0.39, 0.29) is 12.4 Å². The van der Waals surface area contributed by atoms with Crippen LogP contribution in [-0.2, 0) is 19.4 Å². The minimum atomic E-state index is -0.108. The molecule has 0 unspecified atom stereocenters. The number of Topliss-reactive ketones (excluding diaryl/α,β-unsaturated/α-hetero) is 1. The molecule has 0 bridgehead atoms. The van der Waals surface area contributed by atoms with Gasteiger partial charge in [-0.15, -0.1) is 10.2 Å². The van der Waals surface area contributed by atoms with Crippen molar-refractivity contribution >= 4 is 17.5 Å². The first-order chi connectivity index (χ1) is 11.3. The molecular weight excluding hydrogens is 310 g/mol. The van der Waals surface area contributed by atoms with Crippen LogP contribution >= 0.6 is 11.8 Å². The number of carbonyl (C=O) groups is 1. The molecule has 120 valence electrons. The van der Waals surface area contributed by atoms with Crippen LogP contribution in [-0.4, -0.2) is 31.4 Å². The summed E-state index contributed by atoms with van der Waals surface area (Å²) in [5.74, 6) is 1.08. The Balaban J connectivity index is 1.47. The normalized spacial score (nSPS) is 16.6. The van der Waals surface area contributed by atoms with Crippen molar-refractivity contribution in [3.05, 3.63) is 40.7 Å². The van der Waals surface area contributed by atoms with E-state index in [1.807, 2.05) is 10.6 Å². The van der Waals surface area contributed by atoms with Crippen LogP contribution in [0.4, 0.5) is 0 Å². The maximum atomic E-state index is 12.5. The van der Waals surface area contributed by atoms with Gasteiger partial charge < -0.3 is 9.67 Å². The molecule has 1 saturated carbocycles. The predicted molar refractivity (Wildman–Crippen MR) is 87.7 cm³/mol. The number of hydrogen-bond donors (Lipinski definition) is 1. The Labute approximate surface area is 139 Å². The van der Waals surface area contributed by atoms with Gasteiger partial charge in [0.1, 0.15) is 6.61 Å². The third-order valence-corrected chi connectivity index (χ3v) is 5.48. The van der Waals surface area contributed by atoms with Gasteiger partial charge in [0.05, 0.1) is 5.75 Å². The molecule has 1 aromatic heterocycles. The first kappa shape index (κ1) is 14.9. The number of rotatable bonds is 6. The van der Waals surface area contributed by atoms with E-state index >= 15 is 0 Å². The number of aliphatic hydroxyl groups excluding tert-OH is 1. The Morgan fingerprint density at radius 2 is 2.09 bits per heavy atom. The van der Waals surface area contributed by atoms with E-state index < -0.39 is 0 Å². The number of carbonyl (C=O) groups excluding carboxylic acids is 1. The van der Waals surface area contributed by atoms with Crippen molar-refractivity contribution in [1.29, 1.82) is 0 Å². The van der Waals surface area contributed by atoms with Gasteiger partial charge in [-0.2, -0.15) is 0 Å². The van der Waals surface area contributed by atoms with Gasteiger partial charge in [-0.05, 0) is 49.3 Å². The summed E-state index contributed by atoms with van der Waals surface area (Å²) in [6.45, 7) is -0.108. The third-order valence-electron chi connectivity index (χ3n) is 4.54. The molecule has 0 saturated heterocycles. The second kappa shape index (κ2) is 6.09. The zero-order valence-electron chi connectivity index (χ0n) is 12.9. The van der Waals surface area contributed by atoms with Gasteiger partial charge in [0.15, 0.2) is 16.8 Å². The Morgan fingerprint density at radius 3 is 2.87 bits per heavy atom. The molecule has 2 aliphatic rings. The number of hydrogen-bond acceptors (Lipinski definition) is 5. The van der Waals surface area contributed by atoms with Crippen molar-refractivity contribution in [1.82, 2.24) is 14.8 Å². The average Bonchev–Trinajstić information content (AvgIpc) is 3.15. The first-order valence-electron chi connectivity index (χ1n) is 8.08. The molecule has 6 heteroatoms. The molecule has 2 aliphatic carbocycles. The van der Waals surface area contributed by atoms with Gasteiger partial charge in [0.2, 0.25) is 0 Å². The number of aromatic nitrogens is 3. The fourth-order valence-electron chi connectivity index (χ4n) is 3.17. The second-order valence-corrected chi connectivity index (χ2v) is 7.15. The maximum absolute atomic E-state index is 12.5. The van der Waals surface area contributed by atoms with Gasteiger partial charge in [-0.25, -0.2) is 0 Å². The first-order valence-corrected chi connectivity index (χ1v) is 9.07. The summed E-state index contributed by atoms with van der Waals surface area (Å²) in [7, 11) is 0. The Kier molecular flexibility index (Phi) is 3.95. The monoisotopic (exact) mass is 329 g/mol. The molecule has 1 heterocycles. The van der Waals surface area contributed by atoms with Crippen molar-refractivity contribution in [2.24, 2.45) is 0 Å². The van der Waals surface area contributed by atoms with E-state index in [1.54, 1.807) is 0 Å². The molecule has 1 N–H and O–H groups in total. The highest BCUT2D eigenvalue weighted by atomic mass is 32.2. The lowest BCUT2D eigenvalue weighted by Gasteiger charge is -2.07. The summed E-state index contributed by atoms with van der Waals surface area (Å²) in [5.41, 5.74) is 3.50. The fraction of sp³-hybridized carbons (Fsp3) is 0.471. The number of aliphatic hydroxyl groups is 1. The van der Waals surface area contributed by atoms with Gasteiger partial charge >= 0.3 is 0 Å². The van der Waals surface area contributed by atoms with E-state index in [1.165, 1.54) is 29.3 Å². The topological polar surface area (TPSA) is 68.0 Å². The van der Waals surface area contributed by atoms with Crippen LogP contribution in [0.2, 0.25) is 0 Å². The number of fused-ring (bicyclic) bond motifs is 1. The summed E-state index contributed by atoms with van der Waals surface area (Å²) < 4.78 is 1.99. The maximum Gasteiger partial charge on any atom is 0.191 e. The Morgan fingerprint density at radius 1 is 1.26 bits per heavy atom. The van der Waals surface area contributed by atoms with Gasteiger partial charge in [0.25, 0.3) is 0 Å². The highest BCUT2D eigenvalue weighted by molar-refractivity contribution is 7.99. The van der Waals surface area contributed by atoms with E-state index in [0.717, 1.165) is 36.4 Å². The lowest BCUT2D eigenvalue weighted by atomic mass is 10.0. The van der Waals surface area contributed by atoms with Gasteiger partial charge in [-0.1, -0.05) is 23.9 Å². The molecule has 4 rings (SSSR count). The lowest BCUT2D eigenvalue weighted by molar-refractivity contribution is 0.102. The predicted octanol–water partition coefficient (Wildman–Crippen LogP) is 2.57. The van der Waals surface area contributed by atoms with Gasteiger partial charge in [-0.3, -0.25) is 4.79 Å². The van der Waals surface area contributed by atoms with Crippen LogP contribution in [0.5, 0.6) is 0 Å². The molecule has 0 aliphatic heterocycles. The second-order valence-electron chi connectivity index (χ2n) is 6.21. The zero-order valence-corrected chi connectivity index (χ0v) is 13.7. The number of nitrogens with zero attached hydrogens (tertiary/aromatic N) is 3. The van der Waals surface area contributed by atoms with Crippen LogP contribution in [0.1, 0.15) is 52.6 Å². The Hall–Kier alpha value is -1.66. The van der Waals surface area contributed by atoms with Crippen LogP contribution in [0.15, 0.2) is 23.4 Å². The Bertz CT molecular complexity index is 752. The van der Waals surface area contributed by atoms with Crippen LogP contribution < -0.4 is 0 Å². The van der Waals surface area contributed by atoms with Crippen molar-refractivity contribution in [3.8, 4) is 0 Å². The summed E-state index contributed by atoms with van der Waals surface area (Å²) in [4.78, 5) is 12.5. The van der Waals surface area contributed by atoms with Crippen LogP contribution in [0.25, 0.3) is 0 Å². The molecule has 0 atom stereocenters. The summed E-state index contributed by atoms with van der Waals surface area (Å²) in [5, 5.41) is 18.3. The minimum Gasteiger partial charge on any atom is -0.388 e. The molecule has 0 spiro atoms. The molecule has 2 aromatic rings. The molecule has 1 fully saturated rings. The standard InChI is InChI=1S/C17H19N3O2S/c21-9-16-18-19-17(20(16)14-6-7-14)23-10-15(22)13-5-4-11-2-1-3-12(11)8-13/h4-5,8,14,21H,1-3,6-7,9-10H2. The number of thioether (sulfide) groups is 1. The number of ketones is 1. The van der Waals surface area contributed by atoms with Crippen molar-refractivity contribution in [2.75, 3.05) is 5.75 Å². The van der Waals surface area contributed by atoms with E-state index in [4.69, 9.17) is 0 Å². The molecule has 1 aromatic carbocycles. The number of benzene rings is 1. The van der Waals surface area contributed by atoms with E-state index in [0.29, 0.717) is 17.6 Å². The molecule has 0 amide bonds. The molecule has 23 heavy (non-hydrogen) atoms. The van der Waals surface area contributed by atoms with Crippen molar-refractivity contribution < 1.29 is 9.90 Å². The van der Waals surface area contributed by atoms with Crippen molar-refractivity contribution in [2.45, 2.75) is 49.9 Å². The average molecular weight is 329 g/mol. The highest BCUT2D eigenvalue weighted by Crippen LogP contribution is 2.38. The zero-order chi connectivity index (χ0) is 15.8. The summed E-state index contributed by atoms with van der Waals surface area (Å²) >= 11 is 1.42. The molecule has 0 radical (unpaired) electrons. The molecule has 5 nitrogen and oxygen atoms in total. The fourth-order valence-corrected chi connectivity index (χ4v) is 4.09. The highest BCUT2D eigenvalue weighted by Gasteiger charge is 2.29. The SMILES string of the molecule is O=C(CSc1nnc(CO)n1C1CC1)c1ccc2c(c1)CCC2. The third kappa shape index (κ3) is 2.93. The van der Waals surface area contributed by atoms with Crippen LogP contribution in [0.3, 0.4) is 0 Å². The number of aryl methyl sites for hydroxylation is 2. The minimum absolute atomic E-state index is 0.108. The van der Waals surface area contributed by atoms with E-state index in [9.17, 15) is 9.90 Å². The molecular formula is C17H19N3O2S. The van der Waals surface area contributed by atoms with Gasteiger partial charge in [0, 0.05) is 11.6 Å².